The molecule has 0 fully saturated rings. The van der Waals surface area contributed by atoms with E-state index in [0.717, 1.165) is 11.1 Å². The third-order valence-electron chi connectivity index (χ3n) is 3.36. The molecule has 3 heterocycles. The molecule has 23 heavy (non-hydrogen) atoms. The van der Waals surface area contributed by atoms with E-state index >= 15 is 0 Å². The number of hydrogen-bond acceptors (Lipinski definition) is 5. The van der Waals surface area contributed by atoms with Crippen LogP contribution in [0.1, 0.15) is 15.2 Å². The molecular weight excluding hydrogens is 312 g/mol. The van der Waals surface area contributed by atoms with E-state index in [2.05, 4.69) is 15.4 Å². The van der Waals surface area contributed by atoms with Crippen LogP contribution in [-0.4, -0.2) is 32.4 Å². The lowest BCUT2D eigenvalue weighted by molar-refractivity contribution is 0.102. The van der Waals surface area contributed by atoms with Gasteiger partial charge in [0.05, 0.1) is 23.7 Å². The zero-order valence-electron chi connectivity index (χ0n) is 12.6. The van der Waals surface area contributed by atoms with Crippen molar-refractivity contribution in [3.63, 3.8) is 0 Å². The van der Waals surface area contributed by atoms with Gasteiger partial charge in [0.1, 0.15) is 5.82 Å². The Morgan fingerprint density at radius 1 is 1.43 bits per heavy atom. The van der Waals surface area contributed by atoms with E-state index in [9.17, 15) is 9.90 Å². The second kappa shape index (κ2) is 6.72. The Morgan fingerprint density at radius 3 is 2.96 bits per heavy atom. The average molecular weight is 328 g/mol. The summed E-state index contributed by atoms with van der Waals surface area (Å²) in [6.07, 6.45) is 3.40. The Kier molecular flexibility index (Phi) is 4.50. The molecule has 3 rings (SSSR count). The highest BCUT2D eigenvalue weighted by Gasteiger charge is 2.15. The quantitative estimate of drug-likeness (QED) is 0.754. The zero-order valence-corrected chi connectivity index (χ0v) is 13.4. The standard InChI is InChI=1S/C16H16N4O2S/c1-11-4-8-23-15(11)16(22)18-14-9-13(19-20(14)6-7-21)12-3-2-5-17-10-12/h2-5,8-10,21H,6-7H2,1H3,(H,18,22). The molecule has 7 heteroatoms. The lowest BCUT2D eigenvalue weighted by atomic mass is 10.2. The van der Waals surface area contributed by atoms with Crippen LogP contribution in [0.4, 0.5) is 5.82 Å². The summed E-state index contributed by atoms with van der Waals surface area (Å²) >= 11 is 1.40. The maximum Gasteiger partial charge on any atom is 0.267 e. The predicted molar refractivity (Wildman–Crippen MR) is 89.6 cm³/mol. The van der Waals surface area contributed by atoms with E-state index in [1.807, 2.05) is 30.5 Å². The summed E-state index contributed by atoms with van der Waals surface area (Å²) in [6, 6.07) is 7.42. The topological polar surface area (TPSA) is 80.0 Å². The van der Waals surface area contributed by atoms with Gasteiger partial charge in [-0.1, -0.05) is 0 Å². The van der Waals surface area contributed by atoms with Crippen LogP contribution in [-0.2, 0) is 6.54 Å². The average Bonchev–Trinajstić information content (AvgIpc) is 3.15. The highest BCUT2D eigenvalue weighted by Crippen LogP contribution is 2.23. The number of carbonyl (C=O) groups is 1. The second-order valence-corrected chi connectivity index (χ2v) is 5.91. The van der Waals surface area contributed by atoms with E-state index in [0.29, 0.717) is 22.9 Å². The number of hydrogen-bond donors (Lipinski definition) is 2. The van der Waals surface area contributed by atoms with E-state index in [-0.39, 0.29) is 12.5 Å². The first-order valence-corrected chi connectivity index (χ1v) is 8.01. The Hall–Kier alpha value is -2.51. The van der Waals surface area contributed by atoms with Crippen LogP contribution in [0, 0.1) is 6.92 Å². The van der Waals surface area contributed by atoms with Crippen molar-refractivity contribution < 1.29 is 9.90 Å². The first kappa shape index (κ1) is 15.4. The minimum absolute atomic E-state index is 0.0605. The number of nitrogens with one attached hydrogen (secondary N) is 1. The van der Waals surface area contributed by atoms with Crippen molar-refractivity contribution in [2.45, 2.75) is 13.5 Å². The van der Waals surface area contributed by atoms with Crippen molar-refractivity contribution in [3.05, 3.63) is 52.5 Å². The first-order valence-electron chi connectivity index (χ1n) is 7.13. The van der Waals surface area contributed by atoms with Gasteiger partial charge in [0, 0.05) is 24.0 Å². The van der Waals surface area contributed by atoms with Crippen LogP contribution in [0.3, 0.4) is 0 Å². The monoisotopic (exact) mass is 328 g/mol. The molecule has 0 aliphatic carbocycles. The van der Waals surface area contributed by atoms with Gasteiger partial charge in [0.2, 0.25) is 0 Å². The number of rotatable bonds is 5. The van der Waals surface area contributed by atoms with Gasteiger partial charge in [0.25, 0.3) is 5.91 Å². The van der Waals surface area contributed by atoms with Gasteiger partial charge in [-0.2, -0.15) is 5.10 Å². The normalized spacial score (nSPS) is 10.7. The number of aliphatic hydroxyl groups excluding tert-OH is 1. The highest BCUT2D eigenvalue weighted by atomic mass is 32.1. The summed E-state index contributed by atoms with van der Waals surface area (Å²) in [6.45, 7) is 2.14. The lowest BCUT2D eigenvalue weighted by Gasteiger charge is -2.07. The summed E-state index contributed by atoms with van der Waals surface area (Å²) in [5, 5.41) is 18.4. The molecule has 1 amide bonds. The van der Waals surface area contributed by atoms with Crippen molar-refractivity contribution in [2.75, 3.05) is 11.9 Å². The number of thiophene rings is 1. The van der Waals surface area contributed by atoms with Crippen molar-refractivity contribution in [1.82, 2.24) is 14.8 Å². The number of carbonyl (C=O) groups excluding carboxylic acids is 1. The minimum Gasteiger partial charge on any atom is -0.394 e. The highest BCUT2D eigenvalue weighted by molar-refractivity contribution is 7.12. The van der Waals surface area contributed by atoms with E-state index in [1.165, 1.54) is 11.3 Å². The third kappa shape index (κ3) is 3.30. The Morgan fingerprint density at radius 2 is 2.30 bits per heavy atom. The van der Waals surface area contributed by atoms with Gasteiger partial charge in [-0.15, -0.1) is 11.3 Å². The number of nitrogens with zero attached hydrogens (tertiary/aromatic N) is 3. The summed E-state index contributed by atoms with van der Waals surface area (Å²) in [7, 11) is 0. The fourth-order valence-corrected chi connectivity index (χ4v) is 3.04. The molecular formula is C16H16N4O2S. The molecule has 0 saturated carbocycles. The van der Waals surface area contributed by atoms with Gasteiger partial charge in [0.15, 0.2) is 0 Å². The first-order chi connectivity index (χ1) is 11.2. The lowest BCUT2D eigenvalue weighted by Crippen LogP contribution is -2.16. The molecule has 0 bridgehead atoms. The van der Waals surface area contributed by atoms with Crippen LogP contribution in [0.15, 0.2) is 42.0 Å². The molecule has 0 radical (unpaired) electrons. The molecule has 118 valence electrons. The van der Waals surface area contributed by atoms with Crippen LogP contribution in [0.5, 0.6) is 0 Å². The molecule has 2 N–H and O–H groups in total. The molecule has 3 aromatic heterocycles. The molecule has 0 aliphatic rings. The van der Waals surface area contributed by atoms with Gasteiger partial charge in [-0.3, -0.25) is 9.78 Å². The number of aromatic nitrogens is 3. The smallest absolute Gasteiger partial charge is 0.267 e. The van der Waals surface area contributed by atoms with Crippen molar-refractivity contribution in [1.29, 1.82) is 0 Å². The van der Waals surface area contributed by atoms with Gasteiger partial charge < -0.3 is 10.4 Å². The summed E-state index contributed by atoms with van der Waals surface area (Å²) in [5.41, 5.74) is 2.49. The van der Waals surface area contributed by atoms with Crippen LogP contribution < -0.4 is 5.32 Å². The number of aryl methyl sites for hydroxylation is 1. The van der Waals surface area contributed by atoms with E-state index in [1.54, 1.807) is 23.1 Å². The van der Waals surface area contributed by atoms with Crippen LogP contribution in [0.2, 0.25) is 0 Å². The van der Waals surface area contributed by atoms with E-state index in [4.69, 9.17) is 0 Å². The molecule has 3 aromatic rings. The molecule has 0 saturated heterocycles. The fourth-order valence-electron chi connectivity index (χ4n) is 2.22. The largest absolute Gasteiger partial charge is 0.394 e. The summed E-state index contributed by atoms with van der Waals surface area (Å²) in [4.78, 5) is 17.1. The minimum atomic E-state index is -0.172. The molecule has 0 unspecified atom stereocenters. The SMILES string of the molecule is Cc1ccsc1C(=O)Nc1cc(-c2cccnc2)nn1CCO. The van der Waals surface area contributed by atoms with Crippen LogP contribution >= 0.6 is 11.3 Å². The Bertz CT molecular complexity index is 811. The Balaban J connectivity index is 1.90. The number of aliphatic hydroxyl groups is 1. The third-order valence-corrected chi connectivity index (χ3v) is 4.37. The Labute approximate surface area is 137 Å². The molecule has 0 atom stereocenters. The van der Waals surface area contributed by atoms with Crippen molar-refractivity contribution in [3.8, 4) is 11.3 Å². The fraction of sp³-hybridized carbons (Fsp3) is 0.188. The van der Waals surface area contributed by atoms with Gasteiger partial charge in [-0.05, 0) is 36.1 Å². The molecule has 0 spiro atoms. The molecule has 6 nitrogen and oxygen atoms in total. The summed E-state index contributed by atoms with van der Waals surface area (Å²) in [5.74, 6) is 0.380. The predicted octanol–water partition coefficient (Wildman–Crippen LogP) is 2.56. The van der Waals surface area contributed by atoms with Gasteiger partial charge >= 0.3 is 0 Å². The maximum absolute atomic E-state index is 12.4. The molecule has 0 aromatic carbocycles. The maximum atomic E-state index is 12.4. The number of amides is 1. The number of anilines is 1. The zero-order chi connectivity index (χ0) is 16.2. The van der Waals surface area contributed by atoms with E-state index < -0.39 is 0 Å². The summed E-state index contributed by atoms with van der Waals surface area (Å²) < 4.78 is 1.59. The number of pyridine rings is 1. The van der Waals surface area contributed by atoms with Crippen molar-refractivity contribution in [2.24, 2.45) is 0 Å². The molecule has 0 aliphatic heterocycles. The second-order valence-electron chi connectivity index (χ2n) is 4.99. The van der Waals surface area contributed by atoms with Crippen LogP contribution in [0.25, 0.3) is 11.3 Å². The van der Waals surface area contributed by atoms with Crippen molar-refractivity contribution >= 4 is 23.1 Å². The van der Waals surface area contributed by atoms with Gasteiger partial charge in [-0.25, -0.2) is 4.68 Å².